The van der Waals surface area contributed by atoms with Gasteiger partial charge in [0, 0.05) is 17.9 Å². The number of hydrogen-bond acceptors (Lipinski definition) is 11. The predicted octanol–water partition coefficient (Wildman–Crippen LogP) is 3.25. The van der Waals surface area contributed by atoms with Gasteiger partial charge in [-0.05, 0) is 23.8 Å². The van der Waals surface area contributed by atoms with Gasteiger partial charge in [-0.25, -0.2) is 14.3 Å². The highest BCUT2D eigenvalue weighted by Gasteiger charge is 2.29. The quantitative estimate of drug-likeness (QED) is 0.107. The lowest BCUT2D eigenvalue weighted by Gasteiger charge is -2.10. The summed E-state index contributed by atoms with van der Waals surface area (Å²) in [4.78, 5) is 60.2. The lowest BCUT2D eigenvalue weighted by molar-refractivity contribution is -0.395. The number of benzene rings is 3. The lowest BCUT2D eigenvalue weighted by Crippen LogP contribution is -2.15. The molecule has 0 aliphatic rings. The van der Waals surface area contributed by atoms with E-state index in [9.17, 15) is 39.1 Å². The monoisotopic (exact) mass is 524 g/mol. The van der Waals surface area contributed by atoms with Gasteiger partial charge < -0.3 is 9.57 Å². The number of carbonyl (C=O) groups excluding carboxylic acids is 1. The first-order valence-electron chi connectivity index (χ1n) is 10.4. The van der Waals surface area contributed by atoms with Crippen molar-refractivity contribution in [2.45, 2.75) is 6.42 Å². The molecule has 38 heavy (non-hydrogen) atoms. The summed E-state index contributed by atoms with van der Waals surface area (Å²) in [6.07, 6.45) is 0.0673. The van der Waals surface area contributed by atoms with Crippen LogP contribution in [0.15, 0.2) is 64.7 Å². The summed E-state index contributed by atoms with van der Waals surface area (Å²) < 4.78 is 19.6. The van der Waals surface area contributed by atoms with E-state index in [4.69, 9.17) is 4.74 Å². The van der Waals surface area contributed by atoms with Crippen LogP contribution in [0.3, 0.4) is 0 Å². The van der Waals surface area contributed by atoms with E-state index in [1.54, 1.807) is 24.3 Å². The zero-order valence-electron chi connectivity index (χ0n) is 18.7. The molecule has 0 unspecified atom stereocenters. The van der Waals surface area contributed by atoms with Gasteiger partial charge in [-0.2, -0.15) is 5.10 Å². The minimum Gasteiger partial charge on any atom is -0.415 e. The second kappa shape index (κ2) is 10.4. The fourth-order valence-electron chi connectivity index (χ4n) is 3.55. The number of nitrogens with one attached hydrogen (secondary N) is 2. The number of nitroso groups, excluding NO2 is 1. The molecule has 0 aliphatic heterocycles. The Kier molecular flexibility index (Phi) is 6.95. The molecule has 0 radical (unpaired) electrons. The van der Waals surface area contributed by atoms with Gasteiger partial charge in [0.25, 0.3) is 5.56 Å². The Morgan fingerprint density at radius 2 is 1.71 bits per heavy atom. The molecule has 1 heterocycles. The third-order valence-electron chi connectivity index (χ3n) is 5.23. The minimum atomic E-state index is -1.37. The molecule has 0 atom stereocenters. The number of H-pyrrole nitrogens is 1. The highest BCUT2D eigenvalue weighted by Crippen LogP contribution is 2.39. The molecule has 0 saturated carbocycles. The Bertz CT molecular complexity index is 1670. The smallest absolute Gasteiger partial charge is 0.346 e. The molecular formula is C22H13FN6O9. The van der Waals surface area contributed by atoms with Crippen molar-refractivity contribution in [2.24, 2.45) is 5.29 Å². The lowest BCUT2D eigenvalue weighted by atomic mass is 10.0. The molecule has 0 spiro atoms. The number of fused-ring (bicyclic) bond motifs is 1. The van der Waals surface area contributed by atoms with Crippen LogP contribution in [0.5, 0.6) is 11.5 Å². The summed E-state index contributed by atoms with van der Waals surface area (Å²) in [5.41, 5.74) is -0.710. The van der Waals surface area contributed by atoms with Crippen LogP contribution in [-0.4, -0.2) is 26.0 Å². The Morgan fingerprint density at radius 1 is 1.03 bits per heavy atom. The van der Waals surface area contributed by atoms with Crippen molar-refractivity contribution in [3.63, 3.8) is 0 Å². The maximum absolute atomic E-state index is 14.6. The number of nitro groups is 2. The molecule has 2 N–H and O–H groups in total. The fraction of sp³-hybridized carbons (Fsp3) is 0.0455. The van der Waals surface area contributed by atoms with Crippen LogP contribution in [0.1, 0.15) is 21.6 Å². The van der Waals surface area contributed by atoms with E-state index < -0.39 is 55.6 Å². The number of nitrogens with zero attached hydrogens (tertiary/aromatic N) is 4. The van der Waals surface area contributed by atoms with E-state index in [2.05, 4.69) is 20.3 Å². The van der Waals surface area contributed by atoms with Crippen LogP contribution < -0.4 is 20.7 Å². The van der Waals surface area contributed by atoms with E-state index in [1.807, 2.05) is 0 Å². The van der Waals surface area contributed by atoms with Crippen LogP contribution in [0.25, 0.3) is 10.8 Å². The van der Waals surface area contributed by atoms with Crippen molar-refractivity contribution in [2.75, 3.05) is 0 Å². The molecule has 0 bridgehead atoms. The first-order chi connectivity index (χ1) is 18.2. The van der Waals surface area contributed by atoms with Crippen LogP contribution in [-0.2, 0) is 6.42 Å². The van der Waals surface area contributed by atoms with Crippen molar-refractivity contribution in [1.82, 2.24) is 15.8 Å². The molecule has 3 aromatic carbocycles. The topological polar surface area (TPSA) is 209 Å². The third kappa shape index (κ3) is 5.08. The molecular weight excluding hydrogens is 511 g/mol. The first kappa shape index (κ1) is 25.3. The molecule has 0 fully saturated rings. The number of nitro benzene ring substituents is 2. The van der Waals surface area contributed by atoms with E-state index in [0.717, 1.165) is 12.1 Å². The van der Waals surface area contributed by atoms with E-state index in [0.29, 0.717) is 34.2 Å². The Hall–Kier alpha value is -5.80. The molecule has 16 heteroatoms. The van der Waals surface area contributed by atoms with Gasteiger partial charge in [0.15, 0.2) is 0 Å². The Morgan fingerprint density at radius 3 is 2.39 bits per heavy atom. The standard InChI is InChI=1S/C22H13FN6O9/c23-15-6-5-11(8-16-12-3-1-2-4-13(12)21(30)25-24-16)7-14(15)22(31)37-19-10-20(38-27-26-32)18(29(35)36)9-17(19)28(33)34/h1-7,9-10H,8H2,(H,25,30)(H,27,32). The normalized spacial score (nSPS) is 10.6. The van der Waals surface area contributed by atoms with Gasteiger partial charge >= 0.3 is 17.3 Å². The summed E-state index contributed by atoms with van der Waals surface area (Å²) in [5.74, 6) is -3.96. The van der Waals surface area contributed by atoms with Crippen LogP contribution in [0.4, 0.5) is 15.8 Å². The molecule has 192 valence electrons. The molecule has 0 amide bonds. The average Bonchev–Trinajstić information content (AvgIpc) is 2.89. The van der Waals surface area contributed by atoms with Crippen LogP contribution >= 0.6 is 0 Å². The van der Waals surface area contributed by atoms with Crippen molar-refractivity contribution < 1.29 is 28.6 Å². The summed E-state index contributed by atoms with van der Waals surface area (Å²) in [5, 5.41) is 32.1. The second-order valence-corrected chi connectivity index (χ2v) is 7.51. The Balaban J connectivity index is 1.69. The summed E-state index contributed by atoms with van der Waals surface area (Å²) in [6, 6.07) is 11.2. The zero-order chi connectivity index (χ0) is 27.4. The fourth-order valence-corrected chi connectivity index (χ4v) is 3.55. The number of carbonyl (C=O) groups is 1. The molecule has 1 aromatic heterocycles. The third-order valence-corrected chi connectivity index (χ3v) is 5.23. The van der Waals surface area contributed by atoms with Gasteiger partial charge in [0.2, 0.25) is 11.5 Å². The average molecular weight is 524 g/mol. The zero-order valence-corrected chi connectivity index (χ0v) is 18.7. The van der Waals surface area contributed by atoms with Gasteiger partial charge in [0.05, 0.1) is 31.8 Å². The number of ether oxygens (including phenoxy) is 1. The number of esters is 1. The largest absolute Gasteiger partial charge is 0.415 e. The highest BCUT2D eigenvalue weighted by molar-refractivity contribution is 5.92. The predicted molar refractivity (Wildman–Crippen MR) is 126 cm³/mol. The number of hydrogen-bond donors (Lipinski definition) is 2. The van der Waals surface area contributed by atoms with E-state index in [-0.39, 0.29) is 6.42 Å². The minimum absolute atomic E-state index is 0.0673. The maximum atomic E-state index is 14.6. The number of halogens is 1. The van der Waals surface area contributed by atoms with Gasteiger partial charge in [-0.15, -0.1) is 10.5 Å². The summed E-state index contributed by atoms with van der Waals surface area (Å²) in [7, 11) is 0. The maximum Gasteiger partial charge on any atom is 0.346 e. The molecule has 0 aliphatic carbocycles. The second-order valence-electron chi connectivity index (χ2n) is 7.51. The van der Waals surface area contributed by atoms with Gasteiger partial charge in [0.1, 0.15) is 11.9 Å². The van der Waals surface area contributed by atoms with Gasteiger partial charge in [-0.3, -0.25) is 25.0 Å². The van der Waals surface area contributed by atoms with Crippen molar-refractivity contribution in [1.29, 1.82) is 0 Å². The van der Waals surface area contributed by atoms with E-state index in [1.165, 1.54) is 11.7 Å². The number of aromatic amines is 1. The van der Waals surface area contributed by atoms with Crippen molar-refractivity contribution >= 4 is 28.1 Å². The number of aromatic nitrogens is 2. The summed E-state index contributed by atoms with van der Waals surface area (Å²) >= 11 is 0. The van der Waals surface area contributed by atoms with Crippen LogP contribution in [0, 0.1) is 31.0 Å². The molecule has 4 rings (SSSR count). The molecule has 15 nitrogen and oxygen atoms in total. The van der Waals surface area contributed by atoms with Gasteiger partial charge in [-0.1, -0.05) is 24.3 Å². The molecule has 4 aromatic rings. The SMILES string of the molecule is O=NNOc1cc(OC(=O)c2cc(Cc3n[nH]c(=O)c4ccccc34)ccc2F)c([N+](=O)[O-])cc1[N+](=O)[O-]. The van der Waals surface area contributed by atoms with Crippen LogP contribution in [0.2, 0.25) is 0 Å². The summed E-state index contributed by atoms with van der Waals surface area (Å²) in [6.45, 7) is 0. The van der Waals surface area contributed by atoms with Crippen molar-refractivity contribution in [3.05, 3.63) is 113 Å². The Labute approximate surface area is 209 Å². The van der Waals surface area contributed by atoms with E-state index >= 15 is 0 Å². The molecule has 0 saturated heterocycles. The first-order valence-corrected chi connectivity index (χ1v) is 10.4. The number of rotatable bonds is 9. The van der Waals surface area contributed by atoms with Crippen molar-refractivity contribution in [3.8, 4) is 11.5 Å². The highest BCUT2D eigenvalue weighted by atomic mass is 19.1.